The van der Waals surface area contributed by atoms with Crippen LogP contribution in [0.15, 0.2) is 24.3 Å². The number of nitrogens with one attached hydrogen (secondary N) is 3. The van der Waals surface area contributed by atoms with E-state index >= 15 is 0 Å². The molecule has 3 atom stereocenters. The Balaban J connectivity index is 1.19. The lowest BCUT2D eigenvalue weighted by Crippen LogP contribution is -2.57. The fraction of sp³-hybridized carbons (Fsp3) is 0.481. The van der Waals surface area contributed by atoms with Crippen LogP contribution in [0.25, 0.3) is 10.9 Å². The van der Waals surface area contributed by atoms with E-state index in [0.29, 0.717) is 35.0 Å². The molecule has 0 spiro atoms. The van der Waals surface area contributed by atoms with Crippen LogP contribution in [0.1, 0.15) is 56.5 Å². The lowest BCUT2D eigenvalue weighted by molar-refractivity contribution is -0.140. The van der Waals surface area contributed by atoms with Gasteiger partial charge in [0.2, 0.25) is 5.91 Å². The number of likely N-dealkylation sites (tertiary alicyclic amines) is 1. The maximum absolute atomic E-state index is 13.3. The molecule has 0 bridgehead atoms. The number of nitrogens with zero attached hydrogens (tertiary/aromatic N) is 3. The SMILES string of the molecule is CN1CCc2nc(C(=O)N[C@@H]3C[C@@H](C(=O)N4CCC4)CC[C@@H]3NC(=O)c3cc4cc(Cl)ccc4[nH]3)sc2C1. The molecule has 4 heterocycles. The molecule has 2 aromatic heterocycles. The van der Waals surface area contributed by atoms with E-state index in [-0.39, 0.29) is 35.7 Å². The van der Waals surface area contributed by atoms with Gasteiger partial charge in [-0.1, -0.05) is 11.6 Å². The number of benzene rings is 1. The number of likely N-dealkylation sites (N-methyl/N-ethyl adjacent to an activating group) is 1. The Bertz CT molecular complexity index is 1400. The molecule has 1 aromatic carbocycles. The molecule has 3 amide bonds. The van der Waals surface area contributed by atoms with Crippen molar-refractivity contribution in [2.75, 3.05) is 26.7 Å². The van der Waals surface area contributed by atoms with Crippen LogP contribution in [0.5, 0.6) is 0 Å². The van der Waals surface area contributed by atoms with Gasteiger partial charge in [0, 0.05) is 65.4 Å². The minimum Gasteiger partial charge on any atom is -0.351 e. The minimum absolute atomic E-state index is 0.153. The number of aromatic nitrogens is 2. The molecule has 3 aromatic rings. The number of fused-ring (bicyclic) bond motifs is 2. The van der Waals surface area contributed by atoms with Gasteiger partial charge in [-0.25, -0.2) is 4.98 Å². The standard InChI is InChI=1S/C27H31ClN6O3S/c1-33-10-7-20-23(14-33)38-26(32-20)25(36)31-21-12-15(27(37)34-8-2-9-34)3-5-19(21)30-24(35)22-13-16-11-17(28)4-6-18(16)29-22/h4,6,11,13,15,19,21,29H,2-3,5,7-10,12,14H2,1H3,(H,30,35)(H,31,36)/t15-,19-,21+/m0/s1. The van der Waals surface area contributed by atoms with E-state index in [1.807, 2.05) is 17.0 Å². The zero-order valence-corrected chi connectivity index (χ0v) is 22.8. The quantitative estimate of drug-likeness (QED) is 0.449. The van der Waals surface area contributed by atoms with E-state index in [1.54, 1.807) is 12.1 Å². The molecule has 3 N–H and O–H groups in total. The van der Waals surface area contributed by atoms with Crippen molar-refractivity contribution in [1.29, 1.82) is 0 Å². The van der Waals surface area contributed by atoms with Crippen LogP contribution in [-0.2, 0) is 17.8 Å². The first-order chi connectivity index (χ1) is 18.3. The van der Waals surface area contributed by atoms with Crippen LogP contribution in [0.3, 0.4) is 0 Å². The van der Waals surface area contributed by atoms with Crippen molar-refractivity contribution in [3.05, 3.63) is 50.6 Å². The number of carbonyl (C=O) groups is 3. The Kier molecular flexibility index (Phi) is 6.88. The third kappa shape index (κ3) is 5.04. The summed E-state index contributed by atoms with van der Waals surface area (Å²) >= 11 is 7.54. The van der Waals surface area contributed by atoms with Crippen LogP contribution in [-0.4, -0.2) is 76.3 Å². The van der Waals surface area contributed by atoms with Crippen LogP contribution in [0.4, 0.5) is 0 Å². The maximum atomic E-state index is 13.3. The highest BCUT2D eigenvalue weighted by molar-refractivity contribution is 7.13. The smallest absolute Gasteiger partial charge is 0.280 e. The predicted octanol–water partition coefficient (Wildman–Crippen LogP) is 3.20. The molecular weight excluding hydrogens is 524 g/mol. The third-order valence-electron chi connectivity index (χ3n) is 7.94. The Morgan fingerprint density at radius 1 is 1.08 bits per heavy atom. The molecule has 0 unspecified atom stereocenters. The molecule has 38 heavy (non-hydrogen) atoms. The molecule has 0 radical (unpaired) electrons. The third-order valence-corrected chi connectivity index (χ3v) is 9.26. The van der Waals surface area contributed by atoms with Crippen molar-refractivity contribution in [2.45, 2.75) is 50.7 Å². The number of carbonyl (C=O) groups excluding carboxylic acids is 3. The lowest BCUT2D eigenvalue weighted by Gasteiger charge is -2.40. The number of H-pyrrole nitrogens is 1. The summed E-state index contributed by atoms with van der Waals surface area (Å²) in [5.74, 6) is -0.502. The summed E-state index contributed by atoms with van der Waals surface area (Å²) in [6.07, 6.45) is 3.64. The van der Waals surface area contributed by atoms with Gasteiger partial charge in [-0.3, -0.25) is 14.4 Å². The largest absolute Gasteiger partial charge is 0.351 e. The number of hydrogen-bond donors (Lipinski definition) is 3. The number of halogens is 1. The molecule has 2 fully saturated rings. The van der Waals surface area contributed by atoms with E-state index < -0.39 is 0 Å². The molecule has 1 aliphatic carbocycles. The zero-order valence-electron chi connectivity index (χ0n) is 21.3. The highest BCUT2D eigenvalue weighted by Crippen LogP contribution is 2.30. The van der Waals surface area contributed by atoms with Gasteiger partial charge in [0.25, 0.3) is 11.8 Å². The Labute approximate surface area is 229 Å². The molecule has 2 aliphatic heterocycles. The topological polar surface area (TPSA) is 110 Å². The highest BCUT2D eigenvalue weighted by atomic mass is 35.5. The minimum atomic E-state index is -0.377. The maximum Gasteiger partial charge on any atom is 0.280 e. The first-order valence-corrected chi connectivity index (χ1v) is 14.4. The fourth-order valence-electron chi connectivity index (χ4n) is 5.64. The second kappa shape index (κ2) is 10.3. The highest BCUT2D eigenvalue weighted by Gasteiger charge is 2.39. The number of hydrogen-bond acceptors (Lipinski definition) is 6. The van der Waals surface area contributed by atoms with Crippen LogP contribution >= 0.6 is 22.9 Å². The first-order valence-electron chi connectivity index (χ1n) is 13.2. The Hall–Kier alpha value is -2.95. The van der Waals surface area contributed by atoms with Crippen LogP contribution in [0.2, 0.25) is 5.02 Å². The first kappa shape index (κ1) is 25.3. The summed E-state index contributed by atoms with van der Waals surface area (Å²) in [5.41, 5.74) is 2.26. The molecule has 1 saturated carbocycles. The summed E-state index contributed by atoms with van der Waals surface area (Å²) in [7, 11) is 2.06. The molecule has 200 valence electrons. The second-order valence-electron chi connectivity index (χ2n) is 10.6. The van der Waals surface area contributed by atoms with Gasteiger partial charge in [-0.05, 0) is 57.0 Å². The van der Waals surface area contributed by atoms with E-state index in [0.717, 1.165) is 60.5 Å². The van der Waals surface area contributed by atoms with Gasteiger partial charge in [0.15, 0.2) is 5.01 Å². The van der Waals surface area contributed by atoms with Crippen molar-refractivity contribution in [3.63, 3.8) is 0 Å². The molecule has 3 aliphatic rings. The van der Waals surface area contributed by atoms with Gasteiger partial charge < -0.3 is 25.4 Å². The van der Waals surface area contributed by atoms with Crippen molar-refractivity contribution in [1.82, 2.24) is 30.4 Å². The lowest BCUT2D eigenvalue weighted by atomic mass is 9.81. The molecule has 11 heteroatoms. The van der Waals surface area contributed by atoms with Crippen LogP contribution < -0.4 is 10.6 Å². The molecule has 9 nitrogen and oxygen atoms in total. The molecule has 1 saturated heterocycles. The van der Waals surface area contributed by atoms with Gasteiger partial charge in [0.1, 0.15) is 5.69 Å². The molecular formula is C27H31ClN6O3S. The van der Waals surface area contributed by atoms with E-state index in [1.165, 1.54) is 11.3 Å². The number of rotatable bonds is 5. The van der Waals surface area contributed by atoms with Gasteiger partial charge in [-0.2, -0.15) is 0 Å². The van der Waals surface area contributed by atoms with Crippen LogP contribution in [0, 0.1) is 5.92 Å². The average Bonchev–Trinajstić information content (AvgIpc) is 3.47. The second-order valence-corrected chi connectivity index (χ2v) is 12.2. The Morgan fingerprint density at radius 3 is 2.68 bits per heavy atom. The molecule has 6 rings (SSSR count). The van der Waals surface area contributed by atoms with E-state index in [2.05, 4.69) is 32.5 Å². The predicted molar refractivity (Wildman–Crippen MR) is 147 cm³/mol. The number of thiazole rings is 1. The van der Waals surface area contributed by atoms with Crippen molar-refractivity contribution < 1.29 is 14.4 Å². The Morgan fingerprint density at radius 2 is 1.89 bits per heavy atom. The van der Waals surface area contributed by atoms with E-state index in [9.17, 15) is 14.4 Å². The summed E-state index contributed by atoms with van der Waals surface area (Å²) in [4.78, 5) is 52.6. The van der Waals surface area contributed by atoms with E-state index in [4.69, 9.17) is 11.6 Å². The number of aromatic amines is 1. The summed E-state index contributed by atoms with van der Waals surface area (Å²) in [6.45, 7) is 3.32. The van der Waals surface area contributed by atoms with Crippen molar-refractivity contribution in [2.24, 2.45) is 5.92 Å². The monoisotopic (exact) mass is 554 g/mol. The summed E-state index contributed by atoms with van der Waals surface area (Å²) in [6, 6.07) is 6.53. The summed E-state index contributed by atoms with van der Waals surface area (Å²) < 4.78 is 0. The normalized spacial score (nSPS) is 23.5. The summed E-state index contributed by atoms with van der Waals surface area (Å²) in [5, 5.41) is 8.16. The zero-order chi connectivity index (χ0) is 26.4. The number of amides is 3. The fourth-order valence-corrected chi connectivity index (χ4v) is 6.92. The van der Waals surface area contributed by atoms with Gasteiger partial charge >= 0.3 is 0 Å². The van der Waals surface area contributed by atoms with Gasteiger partial charge in [0.05, 0.1) is 11.7 Å². The average molecular weight is 555 g/mol. The van der Waals surface area contributed by atoms with Gasteiger partial charge in [-0.15, -0.1) is 11.3 Å². The van der Waals surface area contributed by atoms with Crippen molar-refractivity contribution >= 4 is 51.6 Å². The van der Waals surface area contributed by atoms with Crippen molar-refractivity contribution in [3.8, 4) is 0 Å².